The summed E-state index contributed by atoms with van der Waals surface area (Å²) in [6, 6.07) is 14.2. The van der Waals surface area contributed by atoms with Crippen LogP contribution in [0.4, 0.5) is 18.0 Å². The van der Waals surface area contributed by atoms with E-state index in [2.05, 4.69) is 29.8 Å². The van der Waals surface area contributed by atoms with Crippen LogP contribution in [-0.4, -0.2) is 72.3 Å². The highest BCUT2D eigenvalue weighted by Crippen LogP contribution is 2.24. The second kappa shape index (κ2) is 20.3. The Labute approximate surface area is 259 Å². The zero-order chi connectivity index (χ0) is 33.8. The van der Waals surface area contributed by atoms with Gasteiger partial charge in [0.2, 0.25) is 23.6 Å². The van der Waals surface area contributed by atoms with Crippen LogP contribution in [0.15, 0.2) is 60.7 Å². The average molecular weight is 640 g/mol. The van der Waals surface area contributed by atoms with E-state index in [0.717, 1.165) is 5.56 Å². The van der Waals surface area contributed by atoms with Gasteiger partial charge in [-0.1, -0.05) is 80.9 Å². The van der Waals surface area contributed by atoms with E-state index in [4.69, 9.17) is 10.5 Å². The minimum Gasteiger partial charge on any atom is -0.445 e. The van der Waals surface area contributed by atoms with Crippen molar-refractivity contribution in [2.24, 2.45) is 5.73 Å². The predicted octanol–water partition coefficient (Wildman–Crippen LogP) is 1.85. The fourth-order valence-electron chi connectivity index (χ4n) is 3.61. The molecule has 0 aromatic heterocycles. The van der Waals surface area contributed by atoms with Crippen molar-refractivity contribution in [3.05, 3.63) is 71.8 Å². The topological polar surface area (TPSA) is 189 Å². The first-order chi connectivity index (χ1) is 21.3. The molecule has 0 fully saturated rings. The van der Waals surface area contributed by atoms with Crippen LogP contribution in [0.1, 0.15) is 44.2 Å². The van der Waals surface area contributed by atoms with Gasteiger partial charge >= 0.3 is 12.3 Å². The van der Waals surface area contributed by atoms with Gasteiger partial charge in [-0.15, -0.1) is 0 Å². The van der Waals surface area contributed by atoms with E-state index in [1.807, 2.05) is 5.32 Å². The molecule has 7 N–H and O–H groups in total. The van der Waals surface area contributed by atoms with Gasteiger partial charge in [0.15, 0.2) is 6.10 Å². The number of carbonyl (C=O) groups excluding carboxylic acids is 5. The van der Waals surface area contributed by atoms with Gasteiger partial charge in [0.1, 0.15) is 19.2 Å². The van der Waals surface area contributed by atoms with Crippen LogP contribution >= 0.6 is 0 Å². The number of aliphatic hydroxyl groups excluding tert-OH is 1. The van der Waals surface area contributed by atoms with Gasteiger partial charge in [0.05, 0.1) is 12.6 Å². The van der Waals surface area contributed by atoms with Crippen LogP contribution in [0.2, 0.25) is 0 Å². The summed E-state index contributed by atoms with van der Waals surface area (Å²) in [5.74, 6) is -3.63. The number of benzene rings is 2. The summed E-state index contributed by atoms with van der Waals surface area (Å²) in [6.45, 7) is 2.88. The summed E-state index contributed by atoms with van der Waals surface area (Å²) in [4.78, 5) is 60.6. The Morgan fingerprint density at radius 1 is 0.844 bits per heavy atom. The van der Waals surface area contributed by atoms with Crippen molar-refractivity contribution in [2.75, 3.05) is 13.1 Å². The van der Waals surface area contributed by atoms with Crippen molar-refractivity contribution >= 4 is 29.7 Å². The van der Waals surface area contributed by atoms with Crippen molar-refractivity contribution in [1.82, 2.24) is 21.3 Å². The van der Waals surface area contributed by atoms with Crippen LogP contribution in [-0.2, 0) is 36.9 Å². The molecule has 2 unspecified atom stereocenters. The Morgan fingerprint density at radius 3 is 1.89 bits per heavy atom. The monoisotopic (exact) mass is 639 g/mol. The number of nitrogens with one attached hydrogen (secondary N) is 4. The lowest BCUT2D eigenvalue weighted by atomic mass is 10.0. The third-order valence-electron chi connectivity index (χ3n) is 5.73. The predicted molar refractivity (Wildman–Crippen MR) is 158 cm³/mol. The molecular formula is C30H40F3N5O7. The van der Waals surface area contributed by atoms with Crippen LogP contribution in [0, 0.1) is 0 Å². The number of rotatable bonds is 15. The maximum absolute atomic E-state index is 13.0. The highest BCUT2D eigenvalue weighted by Gasteiger charge is 2.44. The zero-order valence-electron chi connectivity index (χ0n) is 25.1. The molecule has 0 saturated heterocycles. The van der Waals surface area contributed by atoms with Crippen molar-refractivity contribution in [3.8, 4) is 0 Å². The van der Waals surface area contributed by atoms with Crippen LogP contribution in [0.25, 0.3) is 0 Å². The number of alkyl halides is 3. The van der Waals surface area contributed by atoms with Crippen molar-refractivity contribution in [2.45, 2.75) is 70.5 Å². The molecule has 45 heavy (non-hydrogen) atoms. The first-order valence-corrected chi connectivity index (χ1v) is 14.1. The molecule has 2 aromatic rings. The third-order valence-corrected chi connectivity index (χ3v) is 5.73. The van der Waals surface area contributed by atoms with Crippen LogP contribution in [0.3, 0.4) is 0 Å². The molecule has 12 nitrogen and oxygen atoms in total. The molecule has 0 heterocycles. The van der Waals surface area contributed by atoms with E-state index in [1.165, 1.54) is 6.42 Å². The average Bonchev–Trinajstić information content (AvgIpc) is 3.00. The molecule has 248 valence electrons. The summed E-state index contributed by atoms with van der Waals surface area (Å²) in [5, 5.41) is 18.4. The second-order valence-electron chi connectivity index (χ2n) is 9.82. The quantitative estimate of drug-likeness (QED) is 0.171. The SMILES string of the molecule is CCC.NC(=O)CCC(NC(=O)CNC(=O)[C@H](Cc1ccccc1)NC(=O)CNC(=O)OCc1ccccc1)C(O)C(F)(F)F. The molecule has 0 aliphatic heterocycles. The fourth-order valence-corrected chi connectivity index (χ4v) is 3.61. The van der Waals surface area contributed by atoms with Crippen molar-refractivity contribution in [3.63, 3.8) is 0 Å². The highest BCUT2D eigenvalue weighted by molar-refractivity contribution is 5.91. The van der Waals surface area contributed by atoms with Gasteiger partial charge in [0.25, 0.3) is 0 Å². The van der Waals surface area contributed by atoms with Gasteiger partial charge in [-0.3, -0.25) is 19.2 Å². The largest absolute Gasteiger partial charge is 0.445 e. The molecule has 0 saturated carbocycles. The van der Waals surface area contributed by atoms with Gasteiger partial charge < -0.3 is 36.8 Å². The lowest BCUT2D eigenvalue weighted by Crippen LogP contribution is -2.54. The molecule has 0 bridgehead atoms. The van der Waals surface area contributed by atoms with E-state index in [0.29, 0.717) is 5.56 Å². The number of hydrogen-bond donors (Lipinski definition) is 6. The van der Waals surface area contributed by atoms with E-state index >= 15 is 0 Å². The van der Waals surface area contributed by atoms with E-state index in [-0.39, 0.29) is 13.0 Å². The minimum atomic E-state index is -5.09. The van der Waals surface area contributed by atoms with E-state index in [1.54, 1.807) is 60.7 Å². The Morgan fingerprint density at radius 2 is 1.36 bits per heavy atom. The smallest absolute Gasteiger partial charge is 0.416 e. The van der Waals surface area contributed by atoms with E-state index in [9.17, 15) is 42.3 Å². The Balaban J connectivity index is 0.00000324. The molecule has 2 rings (SSSR count). The normalized spacial score (nSPS) is 12.7. The lowest BCUT2D eigenvalue weighted by Gasteiger charge is -2.26. The lowest BCUT2D eigenvalue weighted by molar-refractivity contribution is -0.212. The summed E-state index contributed by atoms with van der Waals surface area (Å²) in [7, 11) is 0. The molecule has 2 aromatic carbocycles. The Kier molecular flexibility index (Phi) is 17.3. The number of aliphatic hydroxyl groups is 1. The number of primary amides is 1. The summed E-state index contributed by atoms with van der Waals surface area (Å²) >= 11 is 0. The first kappa shape index (κ1) is 38.4. The Hall–Kier alpha value is -4.66. The number of hydrogen-bond acceptors (Lipinski definition) is 7. The third kappa shape index (κ3) is 16.7. The minimum absolute atomic E-state index is 0.0213. The van der Waals surface area contributed by atoms with Gasteiger partial charge in [-0.25, -0.2) is 4.79 Å². The maximum Gasteiger partial charge on any atom is 0.416 e. The highest BCUT2D eigenvalue weighted by atomic mass is 19.4. The molecule has 15 heteroatoms. The summed E-state index contributed by atoms with van der Waals surface area (Å²) < 4.78 is 44.0. The van der Waals surface area contributed by atoms with Gasteiger partial charge in [0, 0.05) is 12.8 Å². The molecule has 5 amide bonds. The number of halogens is 3. The van der Waals surface area contributed by atoms with Crippen LogP contribution in [0.5, 0.6) is 0 Å². The Bertz CT molecular complexity index is 1220. The van der Waals surface area contributed by atoms with Crippen molar-refractivity contribution in [1.29, 1.82) is 0 Å². The van der Waals surface area contributed by atoms with Gasteiger partial charge in [-0.05, 0) is 17.5 Å². The molecule has 0 aliphatic carbocycles. The fraction of sp³-hybridized carbons (Fsp3) is 0.433. The first-order valence-electron chi connectivity index (χ1n) is 14.1. The second-order valence-corrected chi connectivity index (χ2v) is 9.82. The molecule has 3 atom stereocenters. The number of alkyl carbamates (subject to hydrolysis) is 1. The molecule has 0 radical (unpaired) electrons. The van der Waals surface area contributed by atoms with Crippen molar-refractivity contribution < 1.29 is 47.0 Å². The molecular weight excluding hydrogens is 599 g/mol. The molecule has 0 spiro atoms. The van der Waals surface area contributed by atoms with Gasteiger partial charge in [-0.2, -0.15) is 13.2 Å². The van der Waals surface area contributed by atoms with Crippen LogP contribution < -0.4 is 27.0 Å². The van der Waals surface area contributed by atoms with E-state index < -0.39 is 80.0 Å². The summed E-state index contributed by atoms with van der Waals surface area (Å²) in [6.07, 6.45) is -8.85. The number of ether oxygens (including phenoxy) is 1. The summed E-state index contributed by atoms with van der Waals surface area (Å²) in [5.41, 5.74) is 6.32. The zero-order valence-corrected chi connectivity index (χ0v) is 25.1. The number of amides is 5. The standard InChI is InChI=1S/C27H32F3N5O7.C3H8/c28-27(29,30)24(39)19(11-12-21(31)36)34-22(37)14-32-25(40)20(13-17-7-3-1-4-8-17)35-23(38)15-33-26(41)42-16-18-9-5-2-6-10-18;1-3-2/h1-10,19-20,24,39H,11-16H2,(H2,31,36)(H,32,40)(H,33,41)(H,34,37)(H,35,38);3H2,1-2H3/t19?,20-,24?;/m0./s1. The maximum atomic E-state index is 13.0. The molecule has 0 aliphatic rings. The number of nitrogens with two attached hydrogens (primary N) is 1. The number of carbonyl (C=O) groups is 5.